The smallest absolute Gasteiger partial charge is 0.191 e. The highest BCUT2D eigenvalue weighted by Crippen LogP contribution is 2.03. The number of nitrogens with one attached hydrogen (secondary N) is 2. The number of unbranched alkanes of at least 4 members (excludes halogenated alkanes) is 2. The molecule has 0 aliphatic rings. The van der Waals surface area contributed by atoms with E-state index in [1.807, 2.05) is 0 Å². The van der Waals surface area contributed by atoms with Crippen LogP contribution in [0.4, 0.5) is 0 Å². The van der Waals surface area contributed by atoms with Gasteiger partial charge >= 0.3 is 0 Å². The number of benzene rings is 1. The van der Waals surface area contributed by atoms with E-state index in [0.717, 1.165) is 38.5 Å². The fourth-order valence-corrected chi connectivity index (χ4v) is 1.98. The fourth-order valence-electron chi connectivity index (χ4n) is 1.98. The third-order valence-corrected chi connectivity index (χ3v) is 3.08. The minimum Gasteiger partial charge on any atom is -0.385 e. The van der Waals surface area contributed by atoms with Gasteiger partial charge in [-0.15, -0.1) is 24.0 Å². The van der Waals surface area contributed by atoms with Crippen LogP contribution in [-0.4, -0.2) is 33.3 Å². The van der Waals surface area contributed by atoms with Gasteiger partial charge in [0.25, 0.3) is 0 Å². The normalized spacial score (nSPS) is 10.9. The molecule has 0 spiro atoms. The van der Waals surface area contributed by atoms with Crippen LogP contribution in [0, 0.1) is 6.92 Å². The first kappa shape index (κ1) is 20.2. The van der Waals surface area contributed by atoms with Gasteiger partial charge in [-0.25, -0.2) is 0 Å². The minimum absolute atomic E-state index is 0. The van der Waals surface area contributed by atoms with Crippen LogP contribution in [0.5, 0.6) is 0 Å². The molecule has 0 unspecified atom stereocenters. The average Bonchev–Trinajstić information content (AvgIpc) is 2.46. The molecule has 0 fully saturated rings. The molecule has 0 bridgehead atoms. The van der Waals surface area contributed by atoms with E-state index >= 15 is 0 Å². The number of aryl methyl sites for hydroxylation is 1. The van der Waals surface area contributed by atoms with Crippen LogP contribution >= 0.6 is 24.0 Å². The number of methoxy groups -OCH3 is 1. The van der Waals surface area contributed by atoms with Gasteiger partial charge in [0.15, 0.2) is 5.96 Å². The van der Waals surface area contributed by atoms with Gasteiger partial charge in [-0.3, -0.25) is 4.99 Å². The van der Waals surface area contributed by atoms with E-state index in [0.29, 0.717) is 0 Å². The molecule has 0 aliphatic heterocycles. The summed E-state index contributed by atoms with van der Waals surface area (Å²) in [7, 11) is 3.55. The number of nitrogens with zero attached hydrogens (tertiary/aromatic N) is 1. The van der Waals surface area contributed by atoms with E-state index in [9.17, 15) is 0 Å². The van der Waals surface area contributed by atoms with Crippen molar-refractivity contribution in [2.75, 3.05) is 27.3 Å². The lowest BCUT2D eigenvalue weighted by atomic mass is 10.1. The molecule has 1 aromatic rings. The first-order chi connectivity index (χ1) is 9.76. The Labute approximate surface area is 145 Å². The summed E-state index contributed by atoms with van der Waals surface area (Å²) in [6.07, 6.45) is 3.43. The Morgan fingerprint density at radius 3 is 2.67 bits per heavy atom. The van der Waals surface area contributed by atoms with Crippen LogP contribution < -0.4 is 10.6 Å². The molecule has 0 radical (unpaired) electrons. The molecule has 0 atom stereocenters. The number of halogens is 1. The molecular weight excluding hydrogens is 377 g/mol. The maximum atomic E-state index is 5.03. The topological polar surface area (TPSA) is 45.7 Å². The zero-order valence-corrected chi connectivity index (χ0v) is 15.6. The molecule has 0 saturated carbocycles. The largest absolute Gasteiger partial charge is 0.385 e. The molecule has 2 N–H and O–H groups in total. The second-order valence-corrected chi connectivity index (χ2v) is 4.90. The zero-order chi connectivity index (χ0) is 14.6. The highest BCUT2D eigenvalue weighted by Gasteiger charge is 1.98. The van der Waals surface area contributed by atoms with Gasteiger partial charge in [0, 0.05) is 33.9 Å². The summed E-state index contributed by atoms with van der Waals surface area (Å²) in [5, 5.41) is 6.66. The number of guanidine groups is 1. The van der Waals surface area contributed by atoms with Crippen LogP contribution in [-0.2, 0) is 11.3 Å². The van der Waals surface area contributed by atoms with Crippen LogP contribution in [0.15, 0.2) is 29.3 Å². The van der Waals surface area contributed by atoms with E-state index in [1.165, 1.54) is 17.5 Å². The summed E-state index contributed by atoms with van der Waals surface area (Å²) in [5.74, 6) is 0.859. The second kappa shape index (κ2) is 12.9. The third-order valence-electron chi connectivity index (χ3n) is 3.08. The van der Waals surface area contributed by atoms with Crippen molar-refractivity contribution in [3.63, 3.8) is 0 Å². The number of ether oxygens (including phenoxy) is 1. The molecular formula is C16H28IN3O. The molecule has 5 heteroatoms. The van der Waals surface area contributed by atoms with Gasteiger partial charge in [-0.05, 0) is 31.7 Å². The van der Waals surface area contributed by atoms with Crippen molar-refractivity contribution in [2.24, 2.45) is 4.99 Å². The van der Waals surface area contributed by atoms with E-state index in [2.05, 4.69) is 46.8 Å². The Balaban J connectivity index is 0.00000400. The Morgan fingerprint density at radius 2 is 2.00 bits per heavy atom. The molecule has 1 rings (SSSR count). The van der Waals surface area contributed by atoms with Crippen molar-refractivity contribution >= 4 is 29.9 Å². The van der Waals surface area contributed by atoms with Crippen LogP contribution in [0.2, 0.25) is 0 Å². The molecule has 0 aliphatic carbocycles. The van der Waals surface area contributed by atoms with Gasteiger partial charge in [-0.2, -0.15) is 0 Å². The summed E-state index contributed by atoms with van der Waals surface area (Å²) >= 11 is 0. The predicted molar refractivity (Wildman–Crippen MR) is 101 cm³/mol. The Kier molecular flexibility index (Phi) is 12.4. The number of rotatable bonds is 8. The third kappa shape index (κ3) is 9.68. The van der Waals surface area contributed by atoms with Crippen molar-refractivity contribution in [3.8, 4) is 0 Å². The summed E-state index contributed by atoms with van der Waals surface area (Å²) in [5.41, 5.74) is 2.55. The highest BCUT2D eigenvalue weighted by molar-refractivity contribution is 14.0. The summed E-state index contributed by atoms with van der Waals surface area (Å²) in [6.45, 7) is 4.69. The quantitative estimate of drug-likeness (QED) is 0.303. The fraction of sp³-hybridized carbons (Fsp3) is 0.562. The van der Waals surface area contributed by atoms with Gasteiger partial charge in [0.05, 0.1) is 0 Å². The molecule has 4 nitrogen and oxygen atoms in total. The van der Waals surface area contributed by atoms with Crippen molar-refractivity contribution in [1.82, 2.24) is 10.6 Å². The van der Waals surface area contributed by atoms with Gasteiger partial charge < -0.3 is 15.4 Å². The standard InChI is InChI=1S/C16H27N3O.HI/c1-14-8-7-9-15(12-14)13-19-16(17-2)18-10-5-4-6-11-20-3;/h7-9,12H,4-6,10-11,13H2,1-3H3,(H2,17,18,19);1H. The SMILES string of the molecule is CN=C(NCCCCCOC)NCc1cccc(C)c1.I. The Bertz CT molecular complexity index is 410. The molecule has 21 heavy (non-hydrogen) atoms. The van der Waals surface area contributed by atoms with Crippen LogP contribution in [0.25, 0.3) is 0 Å². The summed E-state index contributed by atoms with van der Waals surface area (Å²) in [6, 6.07) is 8.50. The molecule has 0 amide bonds. The lowest BCUT2D eigenvalue weighted by Crippen LogP contribution is -2.37. The van der Waals surface area contributed by atoms with Gasteiger partial charge in [-0.1, -0.05) is 29.8 Å². The average molecular weight is 405 g/mol. The highest BCUT2D eigenvalue weighted by atomic mass is 127. The van der Waals surface area contributed by atoms with Crippen molar-refractivity contribution in [2.45, 2.75) is 32.7 Å². The zero-order valence-electron chi connectivity index (χ0n) is 13.3. The first-order valence-electron chi connectivity index (χ1n) is 7.25. The van der Waals surface area contributed by atoms with Crippen molar-refractivity contribution < 1.29 is 4.74 Å². The van der Waals surface area contributed by atoms with Crippen LogP contribution in [0.3, 0.4) is 0 Å². The lowest BCUT2D eigenvalue weighted by molar-refractivity contribution is 0.192. The number of hydrogen-bond donors (Lipinski definition) is 2. The Hall–Kier alpha value is -0.820. The van der Waals surface area contributed by atoms with E-state index in [-0.39, 0.29) is 24.0 Å². The molecule has 0 heterocycles. The van der Waals surface area contributed by atoms with Gasteiger partial charge in [0.1, 0.15) is 0 Å². The lowest BCUT2D eigenvalue weighted by Gasteiger charge is -2.12. The molecule has 0 aromatic heterocycles. The maximum Gasteiger partial charge on any atom is 0.191 e. The molecule has 0 saturated heterocycles. The van der Waals surface area contributed by atoms with E-state index < -0.39 is 0 Å². The summed E-state index contributed by atoms with van der Waals surface area (Å²) in [4.78, 5) is 4.23. The first-order valence-corrected chi connectivity index (χ1v) is 7.25. The van der Waals surface area contributed by atoms with E-state index in [1.54, 1.807) is 14.2 Å². The minimum atomic E-state index is 0. The molecule has 120 valence electrons. The molecule has 1 aromatic carbocycles. The number of aliphatic imine (C=N–C) groups is 1. The number of hydrogen-bond acceptors (Lipinski definition) is 2. The van der Waals surface area contributed by atoms with E-state index in [4.69, 9.17) is 4.74 Å². The summed E-state index contributed by atoms with van der Waals surface area (Å²) < 4.78 is 5.03. The van der Waals surface area contributed by atoms with Crippen molar-refractivity contribution in [3.05, 3.63) is 35.4 Å². The maximum absolute atomic E-state index is 5.03. The van der Waals surface area contributed by atoms with Crippen LogP contribution in [0.1, 0.15) is 30.4 Å². The second-order valence-electron chi connectivity index (χ2n) is 4.90. The Morgan fingerprint density at radius 1 is 1.19 bits per heavy atom. The van der Waals surface area contributed by atoms with Gasteiger partial charge in [0.2, 0.25) is 0 Å². The monoisotopic (exact) mass is 405 g/mol. The predicted octanol–water partition coefficient (Wildman–Crippen LogP) is 3.09. The van der Waals surface area contributed by atoms with Crippen molar-refractivity contribution in [1.29, 1.82) is 0 Å².